The largest absolute Gasteiger partial charge is 0.530 e. The van der Waals surface area contributed by atoms with Gasteiger partial charge in [-0.05, 0) is 104 Å². The summed E-state index contributed by atoms with van der Waals surface area (Å²) >= 11 is 0. The zero-order valence-electron chi connectivity index (χ0n) is 37.4. The molecule has 3 aliphatic rings. The first-order valence-corrected chi connectivity index (χ1v) is 24.4. The first kappa shape index (κ1) is 43.8. The number of piperidine rings is 1. The molecule has 1 atom stereocenters. The van der Waals surface area contributed by atoms with Crippen molar-refractivity contribution in [2.45, 2.75) is 116 Å². The van der Waals surface area contributed by atoms with Gasteiger partial charge in [-0.25, -0.2) is 19.0 Å². The van der Waals surface area contributed by atoms with E-state index in [4.69, 9.17) is 18.9 Å². The third kappa shape index (κ3) is 9.34. The number of amides is 3. The maximum Gasteiger partial charge on any atom is 0.410 e. The smallest absolute Gasteiger partial charge is 0.410 e. The van der Waals surface area contributed by atoms with Crippen molar-refractivity contribution in [2.24, 2.45) is 5.92 Å². The number of nitrogens with one attached hydrogen (secondary N) is 1. The topological polar surface area (TPSA) is 110 Å². The fraction of sp³-hybridized carbons (Fsp3) is 0.469. The van der Waals surface area contributed by atoms with E-state index in [9.17, 15) is 14.0 Å². The molecule has 324 valence electrons. The van der Waals surface area contributed by atoms with Crippen molar-refractivity contribution in [1.82, 2.24) is 15.2 Å². The van der Waals surface area contributed by atoms with Crippen molar-refractivity contribution in [3.8, 4) is 17.0 Å². The average Bonchev–Trinajstić information content (AvgIpc) is 3.65. The van der Waals surface area contributed by atoms with Crippen molar-refractivity contribution in [3.05, 3.63) is 113 Å². The van der Waals surface area contributed by atoms with Crippen LogP contribution in [0.4, 0.5) is 19.7 Å². The van der Waals surface area contributed by atoms with Crippen LogP contribution in [0.3, 0.4) is 0 Å². The summed E-state index contributed by atoms with van der Waals surface area (Å²) in [6.07, 6.45) is 0.274. The van der Waals surface area contributed by atoms with Crippen molar-refractivity contribution >= 4 is 32.1 Å². The molecule has 0 saturated carbocycles. The molecule has 61 heavy (non-hydrogen) atoms. The monoisotopic (exact) mass is 848 g/mol. The van der Waals surface area contributed by atoms with Crippen LogP contribution < -0.4 is 14.6 Å². The SMILES string of the molecule is CC(C)(C)OC(=O)N1CCC([C@H](NC(=O)OCC2c3ccccc3-c3ccccc32)C(=O)N2CC(C)(C)c3nc(O[Si](C)(C)C(C)(C)C)c(Cc4ccc(F)cc4)cc32)CC1. The third-order valence-corrected chi connectivity index (χ3v) is 17.1. The van der Waals surface area contributed by atoms with E-state index in [0.717, 1.165) is 39.1 Å². The van der Waals surface area contributed by atoms with Crippen LogP contribution in [0.2, 0.25) is 18.1 Å². The molecule has 10 nitrogen and oxygen atoms in total. The van der Waals surface area contributed by atoms with E-state index in [1.165, 1.54) is 12.1 Å². The molecule has 12 heteroatoms. The third-order valence-electron chi connectivity index (χ3n) is 12.8. The van der Waals surface area contributed by atoms with Gasteiger partial charge in [0.15, 0.2) is 0 Å². The van der Waals surface area contributed by atoms with Crippen LogP contribution in [-0.2, 0) is 26.1 Å². The Kier molecular flexibility index (Phi) is 11.9. The summed E-state index contributed by atoms with van der Waals surface area (Å²) in [5.41, 5.74) is 6.28. The zero-order chi connectivity index (χ0) is 44.1. The maximum absolute atomic E-state index is 15.2. The minimum absolute atomic E-state index is 0.102. The van der Waals surface area contributed by atoms with Crippen molar-refractivity contribution in [1.29, 1.82) is 0 Å². The Bertz CT molecular complexity index is 2250. The Labute approximate surface area is 361 Å². The zero-order valence-corrected chi connectivity index (χ0v) is 38.4. The van der Waals surface area contributed by atoms with E-state index in [1.807, 2.05) is 51.1 Å². The van der Waals surface area contributed by atoms with Crippen LogP contribution >= 0.6 is 0 Å². The summed E-state index contributed by atoms with van der Waals surface area (Å²) < 4.78 is 32.6. The lowest BCUT2D eigenvalue weighted by Gasteiger charge is -2.37. The first-order chi connectivity index (χ1) is 28.6. The van der Waals surface area contributed by atoms with E-state index in [1.54, 1.807) is 21.9 Å². The number of anilines is 1. The number of ether oxygens (including phenoxy) is 2. The lowest BCUT2D eigenvalue weighted by atomic mass is 9.88. The van der Waals surface area contributed by atoms with Crippen LogP contribution in [0.25, 0.3) is 11.1 Å². The molecule has 4 aromatic rings. The summed E-state index contributed by atoms with van der Waals surface area (Å²) in [6.45, 7) is 21.7. The number of hydrogen-bond acceptors (Lipinski definition) is 7. The molecule has 3 amide bonds. The number of likely N-dealkylation sites (tertiary alicyclic amines) is 1. The number of rotatable bonds is 9. The molecule has 7 rings (SSSR count). The van der Waals surface area contributed by atoms with Crippen molar-refractivity contribution < 1.29 is 32.7 Å². The van der Waals surface area contributed by atoms with Gasteiger partial charge in [0.2, 0.25) is 11.8 Å². The van der Waals surface area contributed by atoms with Gasteiger partial charge < -0.3 is 29.0 Å². The lowest BCUT2D eigenvalue weighted by Crippen LogP contribution is -2.55. The fourth-order valence-corrected chi connectivity index (χ4v) is 9.44. The minimum atomic E-state index is -2.37. The quantitative estimate of drug-likeness (QED) is 0.167. The molecule has 1 fully saturated rings. The highest BCUT2D eigenvalue weighted by atomic mass is 28.4. The number of nitrogens with zero attached hydrogens (tertiary/aromatic N) is 3. The number of hydrogen-bond donors (Lipinski definition) is 1. The van der Waals surface area contributed by atoms with Gasteiger partial charge in [-0.2, -0.15) is 0 Å². The van der Waals surface area contributed by atoms with E-state index < -0.39 is 37.6 Å². The van der Waals surface area contributed by atoms with Crippen LogP contribution in [0, 0.1) is 11.7 Å². The molecule has 0 spiro atoms. The maximum atomic E-state index is 15.2. The Morgan fingerprint density at radius 1 is 0.902 bits per heavy atom. The number of carbonyl (C=O) groups excluding carboxylic acids is 3. The summed E-state index contributed by atoms with van der Waals surface area (Å²) in [4.78, 5) is 50.9. The van der Waals surface area contributed by atoms with Crippen LogP contribution in [0.15, 0.2) is 78.9 Å². The number of carbonyl (C=O) groups is 3. The molecule has 0 unspecified atom stereocenters. The van der Waals surface area contributed by atoms with Gasteiger partial charge in [0, 0.05) is 43.0 Å². The van der Waals surface area contributed by atoms with Crippen LogP contribution in [0.5, 0.6) is 5.88 Å². The van der Waals surface area contributed by atoms with Gasteiger partial charge in [0.25, 0.3) is 8.32 Å². The van der Waals surface area contributed by atoms with E-state index in [-0.39, 0.29) is 35.2 Å². The predicted molar refractivity (Wildman–Crippen MR) is 239 cm³/mol. The molecular formula is C49H61FN4O6Si. The molecule has 1 aromatic heterocycles. The standard InChI is InChI=1S/C49H61FN4O6Si/c1-47(2,3)59-46(57)53-25-23-32(24-26-53)41(51-45(56)58-29-39-37-17-13-11-15-35(37)36-16-12-14-18-38(36)39)44(55)54-30-49(7,8)42-40(54)28-33(27-31-19-21-34(50)22-20-31)43(52-42)60-61(9,10)48(4,5)6/h11-22,28,32,39,41H,23-27,29-30H2,1-10H3,(H,51,56)/t41-/m0/s1. The predicted octanol–water partition coefficient (Wildman–Crippen LogP) is 10.4. The van der Waals surface area contributed by atoms with Gasteiger partial charge in [-0.3, -0.25) is 4.79 Å². The van der Waals surface area contributed by atoms with Gasteiger partial charge >= 0.3 is 12.2 Å². The Morgan fingerprint density at radius 3 is 2.07 bits per heavy atom. The van der Waals surface area contributed by atoms with Gasteiger partial charge in [-0.1, -0.05) is 95.3 Å². The number of fused-ring (bicyclic) bond motifs is 4. The molecule has 3 aromatic carbocycles. The summed E-state index contributed by atoms with van der Waals surface area (Å²) in [5, 5.41) is 2.93. The highest BCUT2D eigenvalue weighted by molar-refractivity contribution is 6.74. The number of pyridine rings is 1. The van der Waals surface area contributed by atoms with Gasteiger partial charge in [-0.15, -0.1) is 0 Å². The summed E-state index contributed by atoms with van der Waals surface area (Å²) in [6, 6.07) is 23.8. The fourth-order valence-electron chi connectivity index (χ4n) is 8.47. The first-order valence-electron chi connectivity index (χ1n) is 21.5. The van der Waals surface area contributed by atoms with Crippen LogP contribution in [0.1, 0.15) is 102 Å². The van der Waals surface area contributed by atoms with Crippen molar-refractivity contribution in [2.75, 3.05) is 31.1 Å². The van der Waals surface area contributed by atoms with Crippen molar-refractivity contribution in [3.63, 3.8) is 0 Å². The molecule has 1 aliphatic carbocycles. The van der Waals surface area contributed by atoms with Crippen LogP contribution in [-0.4, -0.2) is 74.2 Å². The number of alkyl carbamates (subject to hydrolysis) is 1. The molecule has 3 heterocycles. The van der Waals surface area contributed by atoms with Gasteiger partial charge in [0.1, 0.15) is 24.1 Å². The molecule has 0 radical (unpaired) electrons. The Morgan fingerprint density at radius 2 is 1.49 bits per heavy atom. The van der Waals surface area contributed by atoms with Gasteiger partial charge in [0.05, 0.1) is 11.4 Å². The lowest BCUT2D eigenvalue weighted by molar-refractivity contribution is -0.122. The molecule has 1 N–H and O–H groups in total. The second-order valence-electron chi connectivity index (χ2n) is 20.0. The molecular weight excluding hydrogens is 788 g/mol. The Hall–Kier alpha value is -5.23. The van der Waals surface area contributed by atoms with E-state index in [0.29, 0.717) is 50.5 Å². The molecule has 2 aliphatic heterocycles. The summed E-state index contributed by atoms with van der Waals surface area (Å²) in [7, 11) is -2.37. The molecule has 0 bridgehead atoms. The number of benzene rings is 3. The molecule has 1 saturated heterocycles. The number of aromatic nitrogens is 1. The van der Waals surface area contributed by atoms with E-state index in [2.05, 4.69) is 77.3 Å². The number of halogens is 1. The average molecular weight is 849 g/mol. The van der Waals surface area contributed by atoms with E-state index >= 15 is 4.79 Å². The highest BCUT2D eigenvalue weighted by Crippen LogP contribution is 2.46. The minimum Gasteiger partial charge on any atom is -0.530 e. The normalized spacial score (nSPS) is 17.0. The second-order valence-corrected chi connectivity index (χ2v) is 24.8. The summed E-state index contributed by atoms with van der Waals surface area (Å²) in [5.74, 6) is -0.516. The highest BCUT2D eigenvalue weighted by Gasteiger charge is 2.46. The second kappa shape index (κ2) is 16.6. The Balaban J connectivity index is 1.20.